The van der Waals surface area contributed by atoms with E-state index in [4.69, 9.17) is 9.26 Å². The first-order valence-corrected chi connectivity index (χ1v) is 7.25. The van der Waals surface area contributed by atoms with Crippen LogP contribution in [0.3, 0.4) is 0 Å². The maximum absolute atomic E-state index is 13.2. The van der Waals surface area contributed by atoms with E-state index in [0.717, 1.165) is 11.1 Å². The Kier molecular flexibility index (Phi) is 4.29. The van der Waals surface area contributed by atoms with E-state index in [2.05, 4.69) is 10.5 Å². The first-order chi connectivity index (χ1) is 11.6. The van der Waals surface area contributed by atoms with Gasteiger partial charge in [-0.2, -0.15) is 0 Å². The molecule has 2 aromatic carbocycles. The Labute approximate surface area is 138 Å². The van der Waals surface area contributed by atoms with Crippen LogP contribution in [0.1, 0.15) is 16.1 Å². The minimum atomic E-state index is -0.495. The van der Waals surface area contributed by atoms with Gasteiger partial charge in [0.2, 0.25) is 5.76 Å². The lowest BCUT2D eigenvalue weighted by atomic mass is 10.1. The molecule has 0 aliphatic carbocycles. The number of halogens is 1. The molecule has 0 saturated heterocycles. The third kappa shape index (κ3) is 3.27. The maximum Gasteiger partial charge on any atom is 0.294 e. The van der Waals surface area contributed by atoms with Crippen LogP contribution >= 0.6 is 0 Å². The summed E-state index contributed by atoms with van der Waals surface area (Å²) in [5, 5.41) is 6.52. The molecule has 0 unspecified atom stereocenters. The van der Waals surface area contributed by atoms with Gasteiger partial charge in [0, 0.05) is 17.7 Å². The molecule has 0 aliphatic rings. The number of rotatable bonds is 4. The lowest BCUT2D eigenvalue weighted by molar-refractivity contribution is 0.0987. The molecule has 1 N–H and O–H groups in total. The zero-order chi connectivity index (χ0) is 17.1. The number of benzene rings is 2. The highest BCUT2D eigenvalue weighted by molar-refractivity contribution is 6.03. The highest BCUT2D eigenvalue weighted by Gasteiger charge is 2.16. The number of carbonyl (C=O) groups is 1. The number of aromatic nitrogens is 1. The van der Waals surface area contributed by atoms with Crippen LogP contribution in [0, 0.1) is 12.7 Å². The number of carbonyl (C=O) groups excluding carboxylic acids is 1. The van der Waals surface area contributed by atoms with E-state index in [9.17, 15) is 9.18 Å². The molecule has 1 heterocycles. The minimum absolute atomic E-state index is 0.0527. The fraction of sp³-hybridized carbons (Fsp3) is 0.111. The van der Waals surface area contributed by atoms with Crippen molar-refractivity contribution in [2.75, 3.05) is 12.4 Å². The maximum atomic E-state index is 13.2. The molecule has 1 aromatic heterocycles. The van der Waals surface area contributed by atoms with Crippen LogP contribution in [0.5, 0.6) is 5.75 Å². The molecule has 0 bridgehead atoms. The summed E-state index contributed by atoms with van der Waals surface area (Å²) in [6.07, 6.45) is 0. The molecular weight excluding hydrogens is 311 g/mol. The van der Waals surface area contributed by atoms with Gasteiger partial charge in [-0.15, -0.1) is 0 Å². The number of methoxy groups -OCH3 is 1. The summed E-state index contributed by atoms with van der Waals surface area (Å²) in [6, 6.07) is 13.1. The summed E-state index contributed by atoms with van der Waals surface area (Å²) in [5.41, 5.74) is 2.88. The summed E-state index contributed by atoms with van der Waals surface area (Å²) >= 11 is 0. The lowest BCUT2D eigenvalue weighted by Crippen LogP contribution is -2.11. The predicted octanol–water partition coefficient (Wildman–Crippen LogP) is 4.05. The Balaban J connectivity index is 1.80. The Morgan fingerprint density at radius 3 is 2.62 bits per heavy atom. The van der Waals surface area contributed by atoms with E-state index >= 15 is 0 Å². The monoisotopic (exact) mass is 326 g/mol. The van der Waals surface area contributed by atoms with Crippen LogP contribution in [0.4, 0.5) is 10.1 Å². The summed E-state index contributed by atoms with van der Waals surface area (Å²) in [4.78, 5) is 12.3. The Morgan fingerprint density at radius 1 is 1.17 bits per heavy atom. The van der Waals surface area contributed by atoms with Gasteiger partial charge in [0.25, 0.3) is 5.91 Å². The molecule has 5 nitrogen and oxygen atoms in total. The van der Waals surface area contributed by atoms with Gasteiger partial charge in [0.15, 0.2) is 0 Å². The third-order valence-corrected chi connectivity index (χ3v) is 3.49. The van der Waals surface area contributed by atoms with Gasteiger partial charge in [0.1, 0.15) is 17.3 Å². The zero-order valence-corrected chi connectivity index (χ0v) is 13.2. The fourth-order valence-corrected chi connectivity index (χ4v) is 2.19. The summed E-state index contributed by atoms with van der Waals surface area (Å²) in [5.74, 6) is -0.671. The van der Waals surface area contributed by atoms with Crippen LogP contribution in [-0.4, -0.2) is 18.2 Å². The predicted molar refractivity (Wildman–Crippen MR) is 87.6 cm³/mol. The highest BCUT2D eigenvalue weighted by Crippen LogP contribution is 2.26. The van der Waals surface area contributed by atoms with Crippen molar-refractivity contribution in [2.45, 2.75) is 6.92 Å². The van der Waals surface area contributed by atoms with Crippen LogP contribution in [0.25, 0.3) is 11.3 Å². The average molecular weight is 326 g/mol. The van der Waals surface area contributed by atoms with Gasteiger partial charge in [-0.05, 0) is 19.1 Å². The van der Waals surface area contributed by atoms with Crippen molar-refractivity contribution < 1.29 is 18.4 Å². The van der Waals surface area contributed by atoms with Crippen molar-refractivity contribution in [1.82, 2.24) is 5.16 Å². The van der Waals surface area contributed by atoms with Crippen LogP contribution in [0.2, 0.25) is 0 Å². The normalized spacial score (nSPS) is 10.5. The number of hydrogen-bond acceptors (Lipinski definition) is 4. The third-order valence-electron chi connectivity index (χ3n) is 3.49. The molecule has 0 spiro atoms. The second-order valence-electron chi connectivity index (χ2n) is 5.24. The number of aryl methyl sites for hydroxylation is 1. The van der Waals surface area contributed by atoms with E-state index in [1.54, 1.807) is 6.07 Å². The van der Waals surface area contributed by atoms with Crippen molar-refractivity contribution in [1.29, 1.82) is 0 Å². The SMILES string of the molecule is COc1cc(F)ccc1NC(=O)c1cc(-c2ccc(C)cc2)no1. The lowest BCUT2D eigenvalue weighted by Gasteiger charge is -2.08. The molecule has 0 aliphatic heterocycles. The van der Waals surface area contributed by atoms with E-state index in [0.29, 0.717) is 11.4 Å². The molecule has 122 valence electrons. The molecule has 1 amide bonds. The molecule has 6 heteroatoms. The smallest absolute Gasteiger partial charge is 0.294 e. The number of amides is 1. The van der Waals surface area contributed by atoms with Crippen molar-refractivity contribution in [3.63, 3.8) is 0 Å². The van der Waals surface area contributed by atoms with Crippen LogP contribution < -0.4 is 10.1 Å². The van der Waals surface area contributed by atoms with Gasteiger partial charge < -0.3 is 14.6 Å². The zero-order valence-electron chi connectivity index (χ0n) is 13.2. The standard InChI is InChI=1S/C18H15FN2O3/c1-11-3-5-12(6-4-11)15-10-17(24-21-15)18(22)20-14-8-7-13(19)9-16(14)23-2/h3-10H,1-2H3,(H,20,22). The van der Waals surface area contributed by atoms with Crippen molar-refractivity contribution in [3.05, 3.63) is 65.7 Å². The molecule has 0 saturated carbocycles. The quantitative estimate of drug-likeness (QED) is 0.785. The van der Waals surface area contributed by atoms with Gasteiger partial charge >= 0.3 is 0 Å². The van der Waals surface area contributed by atoms with Crippen LogP contribution in [-0.2, 0) is 0 Å². The molecule has 0 fully saturated rings. The number of nitrogens with one attached hydrogen (secondary N) is 1. The molecule has 24 heavy (non-hydrogen) atoms. The molecule has 0 radical (unpaired) electrons. The number of ether oxygens (including phenoxy) is 1. The number of anilines is 1. The Morgan fingerprint density at radius 2 is 1.92 bits per heavy atom. The average Bonchev–Trinajstić information content (AvgIpc) is 3.07. The van der Waals surface area contributed by atoms with Gasteiger partial charge in [-0.3, -0.25) is 4.79 Å². The minimum Gasteiger partial charge on any atom is -0.494 e. The molecule has 0 atom stereocenters. The van der Waals surface area contributed by atoms with Gasteiger partial charge in [0.05, 0.1) is 12.8 Å². The molecule has 3 rings (SSSR count). The second-order valence-corrected chi connectivity index (χ2v) is 5.24. The summed E-state index contributed by atoms with van der Waals surface area (Å²) in [7, 11) is 1.40. The second kappa shape index (κ2) is 6.54. The van der Waals surface area contributed by atoms with Crippen molar-refractivity contribution >= 4 is 11.6 Å². The number of nitrogens with zero attached hydrogens (tertiary/aromatic N) is 1. The largest absolute Gasteiger partial charge is 0.494 e. The van der Waals surface area contributed by atoms with E-state index in [1.807, 2.05) is 31.2 Å². The summed E-state index contributed by atoms with van der Waals surface area (Å²) < 4.78 is 23.3. The van der Waals surface area contributed by atoms with Crippen molar-refractivity contribution in [3.8, 4) is 17.0 Å². The fourth-order valence-electron chi connectivity index (χ4n) is 2.19. The Bertz CT molecular complexity index is 872. The first kappa shape index (κ1) is 15.7. The molecule has 3 aromatic rings. The highest BCUT2D eigenvalue weighted by atomic mass is 19.1. The number of hydrogen-bond donors (Lipinski definition) is 1. The molecular formula is C18H15FN2O3. The van der Waals surface area contributed by atoms with Gasteiger partial charge in [-0.25, -0.2) is 4.39 Å². The van der Waals surface area contributed by atoms with E-state index < -0.39 is 11.7 Å². The topological polar surface area (TPSA) is 64.4 Å². The van der Waals surface area contributed by atoms with Gasteiger partial charge in [-0.1, -0.05) is 35.0 Å². The first-order valence-electron chi connectivity index (χ1n) is 7.25. The summed E-state index contributed by atoms with van der Waals surface area (Å²) in [6.45, 7) is 1.99. The Hall–Kier alpha value is -3.15. The van der Waals surface area contributed by atoms with E-state index in [1.165, 1.54) is 25.3 Å². The van der Waals surface area contributed by atoms with Crippen LogP contribution in [0.15, 0.2) is 53.1 Å². The van der Waals surface area contributed by atoms with Crippen molar-refractivity contribution in [2.24, 2.45) is 0 Å². The van der Waals surface area contributed by atoms with E-state index in [-0.39, 0.29) is 11.5 Å².